The van der Waals surface area contributed by atoms with E-state index in [0.717, 1.165) is 6.42 Å². The molecule has 1 aromatic heterocycles. The average molecular weight is 581 g/mol. The molecule has 5 rings (SSSR count). The highest BCUT2D eigenvalue weighted by atomic mass is 35.5. The molecule has 0 saturated heterocycles. The van der Waals surface area contributed by atoms with Crippen LogP contribution in [0.5, 0.6) is 11.5 Å². The quantitative estimate of drug-likeness (QED) is 0.217. The van der Waals surface area contributed by atoms with E-state index in [1.165, 1.54) is 12.1 Å². The van der Waals surface area contributed by atoms with Crippen molar-refractivity contribution in [2.75, 3.05) is 6.61 Å². The van der Waals surface area contributed by atoms with Gasteiger partial charge in [-0.1, -0.05) is 36.9 Å². The van der Waals surface area contributed by atoms with Crippen molar-refractivity contribution in [1.29, 1.82) is 0 Å². The Morgan fingerprint density at radius 3 is 2.61 bits per heavy atom. The average Bonchev–Trinajstić information content (AvgIpc) is 2.90. The number of ether oxygens (including phenoxy) is 4. The molecule has 3 aromatic rings. The van der Waals surface area contributed by atoms with Crippen LogP contribution >= 0.6 is 11.6 Å². The van der Waals surface area contributed by atoms with E-state index in [1.807, 2.05) is 27.7 Å². The van der Waals surface area contributed by atoms with E-state index in [1.54, 1.807) is 25.1 Å². The zero-order valence-corrected chi connectivity index (χ0v) is 24.4. The van der Waals surface area contributed by atoms with Crippen LogP contribution in [-0.2, 0) is 15.9 Å². The summed E-state index contributed by atoms with van der Waals surface area (Å²) < 4.78 is 31.2. The molecule has 216 valence electrons. The summed E-state index contributed by atoms with van der Waals surface area (Å²) in [7, 11) is 0. The fourth-order valence-corrected chi connectivity index (χ4v) is 6.03. The lowest BCUT2D eigenvalue weighted by Crippen LogP contribution is -2.52. The van der Waals surface area contributed by atoms with Crippen LogP contribution in [0.4, 0.5) is 0 Å². The van der Waals surface area contributed by atoms with E-state index in [2.05, 4.69) is 5.92 Å². The number of aliphatic hydroxyl groups excluding tert-OH is 1. The number of carbonyl (C=O) groups is 1. The van der Waals surface area contributed by atoms with E-state index < -0.39 is 47.5 Å². The van der Waals surface area contributed by atoms with Crippen molar-refractivity contribution in [3.63, 3.8) is 0 Å². The number of terminal acetylenes is 1. The van der Waals surface area contributed by atoms with Crippen molar-refractivity contribution in [2.45, 2.75) is 77.5 Å². The van der Waals surface area contributed by atoms with Crippen LogP contribution in [0.15, 0.2) is 39.5 Å². The summed E-state index contributed by atoms with van der Waals surface area (Å²) >= 11 is 6.16. The van der Waals surface area contributed by atoms with Crippen molar-refractivity contribution < 1.29 is 33.3 Å². The Morgan fingerprint density at radius 1 is 1.20 bits per heavy atom. The molecule has 5 atom stereocenters. The number of carbonyl (C=O) groups excluding carboxylic acids is 1. The zero-order chi connectivity index (χ0) is 29.6. The lowest BCUT2D eigenvalue weighted by atomic mass is 9.80. The van der Waals surface area contributed by atoms with Crippen LogP contribution in [0.25, 0.3) is 11.0 Å². The van der Waals surface area contributed by atoms with E-state index in [9.17, 15) is 14.7 Å². The van der Waals surface area contributed by atoms with Crippen LogP contribution < -0.4 is 15.1 Å². The smallest absolute Gasteiger partial charge is 0.338 e. The number of fused-ring (bicyclic) bond motifs is 6. The number of hydrogen-bond donors (Lipinski definition) is 1. The SMILES string of the molecule is C#C[C@H]1[C@H](O)c2c(c3c(c4c(CCC)cc(=O)oc24)OC(C)(C)[C@H](OCC)[C@H]3OC(=O)c2cccc(Cl)c2)O[C@@H]1C. The molecule has 9 heteroatoms. The van der Waals surface area contributed by atoms with Gasteiger partial charge in [0.15, 0.2) is 11.7 Å². The molecule has 0 unspecified atom stereocenters. The predicted octanol–water partition coefficient (Wildman–Crippen LogP) is 5.94. The normalized spacial score (nSPS) is 24.4. The van der Waals surface area contributed by atoms with Gasteiger partial charge in [-0.05, 0) is 57.9 Å². The fraction of sp³-hybridized carbons (Fsp3) is 0.438. The third kappa shape index (κ3) is 4.97. The Hall–Kier alpha value is -3.51. The van der Waals surface area contributed by atoms with Gasteiger partial charge in [0.25, 0.3) is 0 Å². The van der Waals surface area contributed by atoms with Crippen LogP contribution in [0.1, 0.15) is 80.3 Å². The Bertz CT molecular complexity index is 1600. The first-order chi connectivity index (χ1) is 19.5. The van der Waals surface area contributed by atoms with Crippen molar-refractivity contribution in [3.8, 4) is 23.8 Å². The molecule has 0 spiro atoms. The zero-order valence-electron chi connectivity index (χ0n) is 23.7. The summed E-state index contributed by atoms with van der Waals surface area (Å²) in [6.45, 7) is 9.57. The van der Waals surface area contributed by atoms with Crippen LogP contribution in [0.3, 0.4) is 0 Å². The highest BCUT2D eigenvalue weighted by Gasteiger charge is 2.52. The summed E-state index contributed by atoms with van der Waals surface area (Å²) in [6, 6.07) is 7.89. The van der Waals surface area contributed by atoms with Crippen molar-refractivity contribution in [1.82, 2.24) is 0 Å². The summed E-state index contributed by atoms with van der Waals surface area (Å²) in [6.07, 6.45) is 3.42. The molecule has 0 fully saturated rings. The maximum atomic E-state index is 13.6. The first-order valence-corrected chi connectivity index (χ1v) is 14.1. The molecule has 0 amide bonds. The maximum Gasteiger partial charge on any atom is 0.338 e. The molecular weight excluding hydrogens is 548 g/mol. The second kappa shape index (κ2) is 11.1. The number of hydrogen-bond acceptors (Lipinski definition) is 8. The molecule has 0 saturated carbocycles. The van der Waals surface area contributed by atoms with Crippen molar-refractivity contribution in [2.24, 2.45) is 5.92 Å². The molecule has 2 aromatic carbocycles. The molecule has 2 aliphatic heterocycles. The molecule has 0 bridgehead atoms. The summed E-state index contributed by atoms with van der Waals surface area (Å²) in [5.41, 5.74) is 0.102. The summed E-state index contributed by atoms with van der Waals surface area (Å²) in [5.74, 6) is 1.80. The Balaban J connectivity index is 1.86. The second-order valence-electron chi connectivity index (χ2n) is 10.9. The Kier molecular flexibility index (Phi) is 7.82. The number of rotatable bonds is 6. The van der Waals surface area contributed by atoms with Gasteiger partial charge in [-0.25, -0.2) is 9.59 Å². The van der Waals surface area contributed by atoms with E-state index in [-0.39, 0.29) is 22.5 Å². The van der Waals surface area contributed by atoms with Crippen LogP contribution in [0.2, 0.25) is 5.02 Å². The van der Waals surface area contributed by atoms with Gasteiger partial charge in [0.05, 0.1) is 28.0 Å². The molecule has 8 nitrogen and oxygen atoms in total. The predicted molar refractivity (Wildman–Crippen MR) is 154 cm³/mol. The number of esters is 1. The minimum absolute atomic E-state index is 0.139. The van der Waals surface area contributed by atoms with Gasteiger partial charge in [-0.2, -0.15) is 0 Å². The lowest BCUT2D eigenvalue weighted by Gasteiger charge is -2.46. The minimum Gasteiger partial charge on any atom is -0.488 e. The monoisotopic (exact) mass is 580 g/mol. The Labute approximate surface area is 243 Å². The van der Waals surface area contributed by atoms with Crippen molar-refractivity contribution >= 4 is 28.5 Å². The number of halogens is 1. The molecular formula is C32H33ClO8. The largest absolute Gasteiger partial charge is 0.488 e. The van der Waals surface area contributed by atoms with Gasteiger partial charge in [0.2, 0.25) is 0 Å². The summed E-state index contributed by atoms with van der Waals surface area (Å²) in [5, 5.41) is 12.5. The van der Waals surface area contributed by atoms with Crippen LogP contribution in [0, 0.1) is 18.3 Å². The second-order valence-corrected chi connectivity index (χ2v) is 11.3. The molecule has 3 heterocycles. The van der Waals surface area contributed by atoms with Crippen LogP contribution in [-0.4, -0.2) is 35.5 Å². The summed E-state index contributed by atoms with van der Waals surface area (Å²) in [4.78, 5) is 26.3. The van der Waals surface area contributed by atoms with Gasteiger partial charge < -0.3 is 28.5 Å². The Morgan fingerprint density at radius 2 is 1.95 bits per heavy atom. The fourth-order valence-electron chi connectivity index (χ4n) is 5.84. The lowest BCUT2D eigenvalue weighted by molar-refractivity contribution is -0.145. The third-order valence-electron chi connectivity index (χ3n) is 7.66. The molecule has 41 heavy (non-hydrogen) atoms. The standard InChI is InChI=1S/C32H33ClO8/c1-7-11-17-15-21(34)39-26-22(17)28-24(27-23(26)25(35)20(8-2)16(4)38-27)29(30(37-9-3)32(5,6)41-28)40-31(36)18-12-10-13-19(33)14-18/h2,10,12-16,20,25,29-30,35H,7,9,11H2,1,3-6H3/t16-,20-,25+,29+,30-/m1/s1. The highest BCUT2D eigenvalue weighted by Crippen LogP contribution is 2.56. The third-order valence-corrected chi connectivity index (χ3v) is 7.89. The molecule has 1 N–H and O–H groups in total. The van der Waals surface area contributed by atoms with Gasteiger partial charge >= 0.3 is 11.6 Å². The molecule has 0 radical (unpaired) electrons. The first-order valence-electron chi connectivity index (χ1n) is 13.8. The highest BCUT2D eigenvalue weighted by molar-refractivity contribution is 6.30. The number of benzene rings is 2. The number of aliphatic hydroxyl groups is 1. The maximum absolute atomic E-state index is 13.6. The van der Waals surface area contributed by atoms with E-state index >= 15 is 0 Å². The topological polar surface area (TPSA) is 104 Å². The van der Waals surface area contributed by atoms with Gasteiger partial charge in [-0.3, -0.25) is 0 Å². The van der Waals surface area contributed by atoms with Gasteiger partial charge in [0.1, 0.15) is 35.4 Å². The number of aryl methyl sites for hydroxylation is 1. The first kappa shape index (κ1) is 29.0. The van der Waals surface area contributed by atoms with Gasteiger partial charge in [-0.15, -0.1) is 6.42 Å². The van der Waals surface area contributed by atoms with E-state index in [4.69, 9.17) is 41.4 Å². The van der Waals surface area contributed by atoms with Crippen molar-refractivity contribution in [3.05, 3.63) is 68.0 Å². The van der Waals surface area contributed by atoms with E-state index in [0.29, 0.717) is 40.3 Å². The minimum atomic E-state index is -1.23. The molecule has 0 aliphatic carbocycles. The van der Waals surface area contributed by atoms with Gasteiger partial charge in [0, 0.05) is 17.7 Å². The molecule has 2 aliphatic rings.